The molecule has 1 aliphatic heterocycles. The minimum atomic E-state index is -3.54. The highest BCUT2D eigenvalue weighted by Crippen LogP contribution is 2.53. The highest BCUT2D eigenvalue weighted by atomic mass is 32.3. The van der Waals surface area contributed by atoms with E-state index in [1.165, 1.54) is 0 Å². The van der Waals surface area contributed by atoms with Gasteiger partial charge in [-0.3, -0.25) is 13.5 Å². The third-order valence-electron chi connectivity index (χ3n) is 2.19. The van der Waals surface area contributed by atoms with Crippen molar-refractivity contribution in [3.8, 4) is 0 Å². The minimum absolute atomic E-state index is 0.0921. The third-order valence-corrected chi connectivity index (χ3v) is 5.67. The maximum atomic E-state index is 12.1. The van der Waals surface area contributed by atoms with Crippen molar-refractivity contribution in [2.75, 3.05) is 26.0 Å². The van der Waals surface area contributed by atoms with E-state index in [0.717, 1.165) is 0 Å². The lowest BCUT2D eigenvalue weighted by atomic mass is 10.5. The predicted octanol–water partition coefficient (Wildman–Crippen LogP) is 2.21. The molecule has 1 unspecified atom stereocenters. The van der Waals surface area contributed by atoms with Gasteiger partial charge in [0.1, 0.15) is 17.0 Å². The van der Waals surface area contributed by atoms with Gasteiger partial charge in [-0.15, -0.1) is 0 Å². The molecule has 1 heterocycles. The number of carbonyl (C=O) groups excluding carboxylic acids is 1. The first-order valence-corrected chi connectivity index (χ1v) is 9.08. The monoisotopic (exact) mass is 318 g/mol. The van der Waals surface area contributed by atoms with Crippen molar-refractivity contribution in [1.82, 2.24) is 0 Å². The van der Waals surface area contributed by atoms with Gasteiger partial charge in [0.15, 0.2) is 0 Å². The molecule has 1 aliphatic rings. The molecule has 1 rings (SSSR count). The fourth-order valence-corrected chi connectivity index (χ4v) is 4.05. The topological polar surface area (TPSA) is 112 Å². The number of hydrogen-bond acceptors (Lipinski definition) is 8. The van der Waals surface area contributed by atoms with Crippen LogP contribution in [0.5, 0.6) is 0 Å². The summed E-state index contributed by atoms with van der Waals surface area (Å²) >= 11 is 0. The molecule has 8 nitrogen and oxygen atoms in total. The van der Waals surface area contributed by atoms with Crippen LogP contribution in [-0.2, 0) is 27.3 Å². The van der Waals surface area contributed by atoms with Crippen molar-refractivity contribution in [3.63, 3.8) is 0 Å². The molecular formula is C9H19O8PS. The summed E-state index contributed by atoms with van der Waals surface area (Å²) < 4.78 is 50.3. The Bertz CT molecular complexity index is 350. The summed E-state index contributed by atoms with van der Waals surface area (Å²) in [7, 11) is -6.92. The largest absolute Gasteiger partial charge is 0.445 e. The molecule has 0 aromatic carbocycles. The van der Waals surface area contributed by atoms with Gasteiger partial charge in [-0.25, -0.2) is 0 Å². The summed E-state index contributed by atoms with van der Waals surface area (Å²) in [6, 6.07) is 0. The molecule has 0 amide bonds. The summed E-state index contributed by atoms with van der Waals surface area (Å²) in [5.41, 5.74) is -1.13. The second kappa shape index (κ2) is 7.03. The van der Waals surface area contributed by atoms with Crippen molar-refractivity contribution in [3.05, 3.63) is 0 Å². The maximum Gasteiger partial charge on any atom is 0.341 e. The molecule has 0 aromatic heterocycles. The second-order valence-corrected chi connectivity index (χ2v) is 7.56. The van der Waals surface area contributed by atoms with Gasteiger partial charge in [-0.05, 0) is 13.8 Å². The number of hydrogen-bond donors (Lipinski definition) is 2. The SMILES string of the molecule is CCOP(=O)(CC(=O)OC1CCOS1(O)O)OCC. The first-order valence-electron chi connectivity index (χ1n) is 5.82. The number of rotatable bonds is 7. The van der Waals surface area contributed by atoms with Crippen LogP contribution in [0.3, 0.4) is 0 Å². The molecular weight excluding hydrogens is 299 g/mol. The Balaban J connectivity index is 2.56. The molecule has 0 saturated carbocycles. The van der Waals surface area contributed by atoms with Crippen LogP contribution >= 0.6 is 18.5 Å². The molecule has 1 atom stereocenters. The molecule has 2 N–H and O–H groups in total. The lowest BCUT2D eigenvalue weighted by Crippen LogP contribution is -2.23. The van der Waals surface area contributed by atoms with E-state index in [1.54, 1.807) is 13.8 Å². The average Bonchev–Trinajstić information content (AvgIpc) is 2.58. The molecule has 19 heavy (non-hydrogen) atoms. The number of ether oxygens (including phenoxy) is 1. The fourth-order valence-electron chi connectivity index (χ4n) is 1.48. The normalized spacial score (nSPS) is 24.1. The summed E-state index contributed by atoms with van der Waals surface area (Å²) in [4.78, 5) is 11.6. The lowest BCUT2D eigenvalue weighted by molar-refractivity contribution is -0.142. The van der Waals surface area contributed by atoms with Gasteiger partial charge in [0.2, 0.25) is 5.44 Å². The van der Waals surface area contributed by atoms with Crippen molar-refractivity contribution in [2.45, 2.75) is 25.7 Å². The summed E-state index contributed by atoms with van der Waals surface area (Å²) in [5, 5.41) is 0. The fraction of sp³-hybridized carbons (Fsp3) is 0.889. The van der Waals surface area contributed by atoms with Crippen LogP contribution in [0.25, 0.3) is 0 Å². The van der Waals surface area contributed by atoms with Crippen LogP contribution in [0, 0.1) is 0 Å². The van der Waals surface area contributed by atoms with E-state index >= 15 is 0 Å². The van der Waals surface area contributed by atoms with Gasteiger partial charge in [-0.2, -0.15) is 0 Å². The van der Waals surface area contributed by atoms with Crippen LogP contribution in [0.4, 0.5) is 0 Å². The molecule has 114 valence electrons. The Kier molecular flexibility index (Phi) is 6.25. The van der Waals surface area contributed by atoms with E-state index in [2.05, 4.69) is 4.18 Å². The number of carbonyl (C=O) groups is 1. The molecule has 0 radical (unpaired) electrons. The molecule has 0 bridgehead atoms. The van der Waals surface area contributed by atoms with E-state index in [-0.39, 0.29) is 26.2 Å². The number of esters is 1. The van der Waals surface area contributed by atoms with Gasteiger partial charge >= 0.3 is 13.6 Å². The van der Waals surface area contributed by atoms with Gasteiger partial charge in [0.25, 0.3) is 0 Å². The highest BCUT2D eigenvalue weighted by Gasteiger charge is 2.41. The van der Waals surface area contributed by atoms with Gasteiger partial charge in [0, 0.05) is 6.42 Å². The second-order valence-electron chi connectivity index (χ2n) is 3.67. The van der Waals surface area contributed by atoms with Crippen LogP contribution < -0.4 is 0 Å². The Labute approximate surface area is 113 Å². The standard InChI is InChI=1S/C9H19O8PS/c1-3-14-18(11,15-4-2)7-8(10)17-9-5-6-16-19(9,12)13/h9,12-13H,3-7H2,1-2H3. The van der Waals surface area contributed by atoms with Crippen LogP contribution in [0.2, 0.25) is 0 Å². The van der Waals surface area contributed by atoms with Crippen molar-refractivity contribution >= 4 is 24.4 Å². The van der Waals surface area contributed by atoms with E-state index in [9.17, 15) is 18.5 Å². The van der Waals surface area contributed by atoms with Crippen LogP contribution in [0.15, 0.2) is 0 Å². The maximum absolute atomic E-state index is 12.1. The summed E-state index contributed by atoms with van der Waals surface area (Å²) in [5.74, 6) is -0.874. The van der Waals surface area contributed by atoms with E-state index in [4.69, 9.17) is 13.8 Å². The molecule has 1 fully saturated rings. The highest BCUT2D eigenvalue weighted by molar-refractivity contribution is 8.20. The quantitative estimate of drug-likeness (QED) is 0.543. The van der Waals surface area contributed by atoms with E-state index in [1.807, 2.05) is 0 Å². The molecule has 0 spiro atoms. The van der Waals surface area contributed by atoms with Crippen LogP contribution in [-0.4, -0.2) is 46.5 Å². The average molecular weight is 318 g/mol. The van der Waals surface area contributed by atoms with Crippen molar-refractivity contribution < 1.29 is 36.4 Å². The third kappa shape index (κ3) is 5.03. The first-order chi connectivity index (χ1) is 8.83. The molecule has 1 saturated heterocycles. The van der Waals surface area contributed by atoms with Crippen molar-refractivity contribution in [2.24, 2.45) is 0 Å². The van der Waals surface area contributed by atoms with Crippen molar-refractivity contribution in [1.29, 1.82) is 0 Å². The lowest BCUT2D eigenvalue weighted by Gasteiger charge is -2.26. The van der Waals surface area contributed by atoms with Gasteiger partial charge < -0.3 is 22.9 Å². The zero-order chi connectivity index (χ0) is 14.5. The van der Waals surface area contributed by atoms with E-state index in [0.29, 0.717) is 0 Å². The van der Waals surface area contributed by atoms with Gasteiger partial charge in [0.05, 0.1) is 19.8 Å². The Morgan fingerprint density at radius 1 is 1.37 bits per heavy atom. The summed E-state index contributed by atoms with van der Waals surface area (Å²) in [6.45, 7) is 3.60. The Morgan fingerprint density at radius 2 is 1.95 bits per heavy atom. The molecule has 0 aliphatic carbocycles. The Morgan fingerprint density at radius 3 is 2.37 bits per heavy atom. The minimum Gasteiger partial charge on any atom is -0.445 e. The smallest absolute Gasteiger partial charge is 0.341 e. The van der Waals surface area contributed by atoms with E-state index < -0.39 is 36.0 Å². The summed E-state index contributed by atoms with van der Waals surface area (Å²) in [6.07, 6.45) is -0.387. The first kappa shape index (κ1) is 16.9. The zero-order valence-electron chi connectivity index (χ0n) is 10.8. The molecule has 10 heteroatoms. The zero-order valence-corrected chi connectivity index (χ0v) is 12.5. The van der Waals surface area contributed by atoms with Gasteiger partial charge in [-0.1, -0.05) is 0 Å². The Hall–Kier alpha value is -0.150. The van der Waals surface area contributed by atoms with Crippen LogP contribution in [0.1, 0.15) is 20.3 Å². The predicted molar refractivity (Wildman–Crippen MR) is 69.0 cm³/mol. The molecule has 0 aromatic rings.